The van der Waals surface area contributed by atoms with Gasteiger partial charge >= 0.3 is 0 Å². The molecule has 0 fully saturated rings. The van der Waals surface area contributed by atoms with Gasteiger partial charge in [-0.15, -0.1) is 0 Å². The SMILES string of the molecule is C=Cc1ccc(CN(C(C)O)C(C)O)cc1. The largest absolute Gasteiger partial charge is 0.379 e. The van der Waals surface area contributed by atoms with Crippen LogP contribution in [-0.4, -0.2) is 27.6 Å². The van der Waals surface area contributed by atoms with Crippen molar-refractivity contribution in [2.45, 2.75) is 32.8 Å². The van der Waals surface area contributed by atoms with Crippen molar-refractivity contribution in [1.82, 2.24) is 4.90 Å². The molecular weight excluding hydrogens is 202 g/mol. The second kappa shape index (κ2) is 5.80. The van der Waals surface area contributed by atoms with E-state index in [1.165, 1.54) is 0 Å². The van der Waals surface area contributed by atoms with E-state index in [1.54, 1.807) is 24.8 Å². The molecule has 0 aliphatic rings. The van der Waals surface area contributed by atoms with Crippen LogP contribution in [0.1, 0.15) is 25.0 Å². The van der Waals surface area contributed by atoms with Crippen LogP contribution in [0.2, 0.25) is 0 Å². The van der Waals surface area contributed by atoms with Crippen LogP contribution >= 0.6 is 0 Å². The highest BCUT2D eigenvalue weighted by molar-refractivity contribution is 5.47. The Hall–Kier alpha value is -1.16. The molecule has 2 N–H and O–H groups in total. The molecule has 88 valence electrons. The normalized spacial score (nSPS) is 14.8. The summed E-state index contributed by atoms with van der Waals surface area (Å²) in [5.41, 5.74) is 2.11. The van der Waals surface area contributed by atoms with Gasteiger partial charge < -0.3 is 10.2 Å². The monoisotopic (exact) mass is 221 g/mol. The Bertz CT molecular complexity index is 322. The highest BCUT2D eigenvalue weighted by Crippen LogP contribution is 2.11. The third-order valence-corrected chi connectivity index (χ3v) is 2.54. The maximum atomic E-state index is 9.49. The van der Waals surface area contributed by atoms with E-state index in [-0.39, 0.29) is 0 Å². The summed E-state index contributed by atoms with van der Waals surface area (Å²) < 4.78 is 0. The minimum atomic E-state index is -0.668. The Morgan fingerprint density at radius 1 is 1.19 bits per heavy atom. The lowest BCUT2D eigenvalue weighted by Gasteiger charge is -2.28. The van der Waals surface area contributed by atoms with Gasteiger partial charge in [0.25, 0.3) is 0 Å². The van der Waals surface area contributed by atoms with E-state index >= 15 is 0 Å². The van der Waals surface area contributed by atoms with Crippen molar-refractivity contribution in [3.05, 3.63) is 42.0 Å². The number of rotatable bonds is 5. The van der Waals surface area contributed by atoms with Crippen LogP contribution in [0.25, 0.3) is 6.08 Å². The van der Waals surface area contributed by atoms with Crippen LogP contribution in [0.5, 0.6) is 0 Å². The van der Waals surface area contributed by atoms with E-state index in [0.29, 0.717) is 6.54 Å². The Labute approximate surface area is 96.6 Å². The number of aliphatic hydroxyl groups excluding tert-OH is 2. The first-order valence-corrected chi connectivity index (χ1v) is 5.38. The molecule has 0 aliphatic heterocycles. The van der Waals surface area contributed by atoms with Crippen LogP contribution in [0, 0.1) is 0 Å². The molecule has 0 radical (unpaired) electrons. The van der Waals surface area contributed by atoms with Gasteiger partial charge in [0.15, 0.2) is 0 Å². The van der Waals surface area contributed by atoms with E-state index in [4.69, 9.17) is 0 Å². The molecule has 0 aliphatic carbocycles. The van der Waals surface area contributed by atoms with Gasteiger partial charge in [-0.05, 0) is 25.0 Å². The molecule has 0 amide bonds. The van der Waals surface area contributed by atoms with Crippen molar-refractivity contribution in [3.8, 4) is 0 Å². The second-order valence-corrected chi connectivity index (χ2v) is 3.88. The van der Waals surface area contributed by atoms with Gasteiger partial charge in [-0.25, -0.2) is 4.90 Å². The number of hydrogen-bond acceptors (Lipinski definition) is 3. The minimum absolute atomic E-state index is 0.521. The summed E-state index contributed by atoms with van der Waals surface area (Å²) in [6.07, 6.45) is 0.448. The van der Waals surface area contributed by atoms with Crippen molar-refractivity contribution < 1.29 is 10.2 Å². The number of nitrogens with zero attached hydrogens (tertiary/aromatic N) is 1. The predicted molar refractivity (Wildman–Crippen MR) is 65.4 cm³/mol. The van der Waals surface area contributed by atoms with Crippen molar-refractivity contribution in [1.29, 1.82) is 0 Å². The second-order valence-electron chi connectivity index (χ2n) is 3.88. The first-order valence-electron chi connectivity index (χ1n) is 5.38. The molecule has 2 atom stereocenters. The lowest BCUT2D eigenvalue weighted by atomic mass is 10.1. The molecule has 0 aromatic heterocycles. The average molecular weight is 221 g/mol. The van der Waals surface area contributed by atoms with Gasteiger partial charge in [-0.2, -0.15) is 0 Å². The Morgan fingerprint density at radius 2 is 1.69 bits per heavy atom. The topological polar surface area (TPSA) is 43.7 Å². The summed E-state index contributed by atoms with van der Waals surface area (Å²) in [4.78, 5) is 1.60. The average Bonchev–Trinajstić information content (AvgIpc) is 2.25. The number of aliphatic hydroxyl groups is 2. The van der Waals surface area contributed by atoms with Crippen LogP contribution < -0.4 is 0 Å². The lowest BCUT2D eigenvalue weighted by Crippen LogP contribution is -2.39. The molecule has 0 bridgehead atoms. The molecule has 0 heterocycles. The summed E-state index contributed by atoms with van der Waals surface area (Å²) in [6.45, 7) is 7.50. The zero-order valence-electron chi connectivity index (χ0n) is 9.80. The fraction of sp³-hybridized carbons (Fsp3) is 0.385. The van der Waals surface area contributed by atoms with Gasteiger partial charge in [-0.1, -0.05) is 36.9 Å². The first-order chi connectivity index (χ1) is 7.54. The van der Waals surface area contributed by atoms with Crippen molar-refractivity contribution in [2.75, 3.05) is 0 Å². The molecule has 3 nitrogen and oxygen atoms in total. The van der Waals surface area contributed by atoms with Gasteiger partial charge in [0.1, 0.15) is 12.5 Å². The highest BCUT2D eigenvalue weighted by Gasteiger charge is 2.15. The van der Waals surface area contributed by atoms with Crippen LogP contribution in [0.4, 0.5) is 0 Å². The van der Waals surface area contributed by atoms with Gasteiger partial charge in [0, 0.05) is 6.54 Å². The molecule has 1 aromatic rings. The third-order valence-electron chi connectivity index (χ3n) is 2.54. The Balaban J connectivity index is 2.73. The fourth-order valence-corrected chi connectivity index (χ4v) is 1.55. The first kappa shape index (κ1) is 12.9. The fourth-order valence-electron chi connectivity index (χ4n) is 1.55. The molecule has 0 saturated heterocycles. The van der Waals surface area contributed by atoms with E-state index < -0.39 is 12.5 Å². The molecule has 16 heavy (non-hydrogen) atoms. The molecular formula is C13H19NO2. The van der Waals surface area contributed by atoms with Crippen LogP contribution in [0.15, 0.2) is 30.8 Å². The zero-order chi connectivity index (χ0) is 12.1. The molecule has 1 aromatic carbocycles. The van der Waals surface area contributed by atoms with E-state index in [2.05, 4.69) is 6.58 Å². The zero-order valence-corrected chi connectivity index (χ0v) is 9.80. The summed E-state index contributed by atoms with van der Waals surface area (Å²) in [6, 6.07) is 7.86. The molecule has 3 heteroatoms. The van der Waals surface area contributed by atoms with E-state index in [1.807, 2.05) is 24.3 Å². The summed E-state index contributed by atoms with van der Waals surface area (Å²) in [5, 5.41) is 19.0. The lowest BCUT2D eigenvalue weighted by molar-refractivity contribution is -0.0897. The number of benzene rings is 1. The third kappa shape index (κ3) is 3.45. The van der Waals surface area contributed by atoms with E-state index in [9.17, 15) is 10.2 Å². The maximum absolute atomic E-state index is 9.49. The van der Waals surface area contributed by atoms with Gasteiger partial charge in [0.2, 0.25) is 0 Å². The summed E-state index contributed by atoms with van der Waals surface area (Å²) >= 11 is 0. The predicted octanol–water partition coefficient (Wildman–Crippen LogP) is 1.81. The van der Waals surface area contributed by atoms with Gasteiger partial charge in [0.05, 0.1) is 0 Å². The van der Waals surface area contributed by atoms with Crippen molar-refractivity contribution in [3.63, 3.8) is 0 Å². The quantitative estimate of drug-likeness (QED) is 0.745. The molecule has 0 saturated carbocycles. The van der Waals surface area contributed by atoms with Crippen molar-refractivity contribution in [2.24, 2.45) is 0 Å². The smallest absolute Gasteiger partial charge is 0.106 e. The van der Waals surface area contributed by atoms with Crippen molar-refractivity contribution >= 4 is 6.08 Å². The summed E-state index contributed by atoms with van der Waals surface area (Å²) in [7, 11) is 0. The standard InChI is InChI=1S/C13H19NO2/c1-4-12-5-7-13(8-6-12)9-14(10(2)15)11(3)16/h4-8,10-11,15-16H,1,9H2,2-3H3. The molecule has 0 spiro atoms. The van der Waals surface area contributed by atoms with Gasteiger partial charge in [-0.3, -0.25) is 0 Å². The summed E-state index contributed by atoms with van der Waals surface area (Å²) in [5.74, 6) is 0. The molecule has 2 unspecified atom stereocenters. The minimum Gasteiger partial charge on any atom is -0.379 e. The van der Waals surface area contributed by atoms with E-state index in [0.717, 1.165) is 11.1 Å². The Kier molecular flexibility index (Phi) is 4.68. The molecule has 1 rings (SSSR count). The highest BCUT2D eigenvalue weighted by atomic mass is 16.3. The Morgan fingerprint density at radius 3 is 2.06 bits per heavy atom. The van der Waals surface area contributed by atoms with Crippen LogP contribution in [0.3, 0.4) is 0 Å². The van der Waals surface area contributed by atoms with Crippen LogP contribution in [-0.2, 0) is 6.54 Å². The maximum Gasteiger partial charge on any atom is 0.106 e. The number of hydrogen-bond donors (Lipinski definition) is 2.